The fourth-order valence-corrected chi connectivity index (χ4v) is 2.31. The molecule has 5 heteroatoms. The summed E-state index contributed by atoms with van der Waals surface area (Å²) in [5, 5.41) is 18.6. The molecular weight excluding hydrogens is 248 g/mol. The first-order valence-electron chi connectivity index (χ1n) is 6.36. The van der Waals surface area contributed by atoms with Crippen LogP contribution in [0.2, 0.25) is 0 Å². The van der Waals surface area contributed by atoms with Gasteiger partial charge in [-0.05, 0) is 37.5 Å². The van der Waals surface area contributed by atoms with Crippen LogP contribution in [0.15, 0.2) is 18.2 Å². The molecule has 2 unspecified atom stereocenters. The molecule has 1 aliphatic carbocycles. The Kier molecular flexibility index (Phi) is 4.27. The zero-order valence-corrected chi connectivity index (χ0v) is 10.8. The van der Waals surface area contributed by atoms with Crippen LogP contribution in [0, 0.1) is 0 Å². The van der Waals surface area contributed by atoms with Gasteiger partial charge in [0.05, 0.1) is 18.8 Å². The molecule has 2 N–H and O–H groups in total. The Morgan fingerprint density at radius 3 is 2.74 bits per heavy atom. The molecule has 19 heavy (non-hydrogen) atoms. The third kappa shape index (κ3) is 3.38. The van der Waals surface area contributed by atoms with Gasteiger partial charge in [0.25, 0.3) is 0 Å². The maximum absolute atomic E-state index is 11.0. The summed E-state index contributed by atoms with van der Waals surface area (Å²) in [5.41, 5.74) is 0.159. The van der Waals surface area contributed by atoms with Crippen molar-refractivity contribution in [2.45, 2.75) is 37.9 Å². The summed E-state index contributed by atoms with van der Waals surface area (Å²) in [6.45, 7) is 0. The summed E-state index contributed by atoms with van der Waals surface area (Å²) < 4.78 is 11.0. The molecule has 0 radical (unpaired) electrons. The van der Waals surface area contributed by atoms with Crippen LogP contribution in [0.3, 0.4) is 0 Å². The highest BCUT2D eigenvalue weighted by atomic mass is 16.5. The number of rotatable bonds is 4. The maximum atomic E-state index is 11.0. The monoisotopic (exact) mass is 266 g/mol. The molecule has 1 fully saturated rings. The average molecular weight is 266 g/mol. The minimum atomic E-state index is -1.00. The van der Waals surface area contributed by atoms with Crippen LogP contribution < -0.4 is 9.47 Å². The third-order valence-corrected chi connectivity index (χ3v) is 3.30. The molecule has 5 nitrogen and oxygen atoms in total. The molecule has 0 heterocycles. The smallest absolute Gasteiger partial charge is 0.335 e. The van der Waals surface area contributed by atoms with Crippen molar-refractivity contribution >= 4 is 5.97 Å². The molecule has 0 amide bonds. The Hall–Kier alpha value is -1.75. The summed E-state index contributed by atoms with van der Waals surface area (Å²) in [5.74, 6) is -0.0808. The largest absolute Gasteiger partial charge is 0.493 e. The van der Waals surface area contributed by atoms with Gasteiger partial charge in [0, 0.05) is 6.42 Å². The van der Waals surface area contributed by atoms with E-state index in [0.29, 0.717) is 17.9 Å². The number of aliphatic hydroxyl groups is 1. The molecular formula is C14H18O5. The van der Waals surface area contributed by atoms with Gasteiger partial charge in [-0.25, -0.2) is 4.79 Å². The SMILES string of the molecule is COc1ccc(C(=O)O)cc1OC1CCCC(O)C1. The van der Waals surface area contributed by atoms with Crippen molar-refractivity contribution in [1.29, 1.82) is 0 Å². The molecule has 0 bridgehead atoms. The first kappa shape index (κ1) is 13.7. The van der Waals surface area contributed by atoms with Crippen LogP contribution >= 0.6 is 0 Å². The second kappa shape index (κ2) is 5.93. The molecule has 1 saturated carbocycles. The van der Waals surface area contributed by atoms with Gasteiger partial charge in [-0.2, -0.15) is 0 Å². The van der Waals surface area contributed by atoms with Crippen molar-refractivity contribution in [2.24, 2.45) is 0 Å². The average Bonchev–Trinajstić information content (AvgIpc) is 2.38. The lowest BCUT2D eigenvalue weighted by atomic mass is 9.95. The summed E-state index contributed by atoms with van der Waals surface area (Å²) in [6, 6.07) is 4.52. The number of benzene rings is 1. The number of hydrogen-bond acceptors (Lipinski definition) is 4. The van der Waals surface area contributed by atoms with Crippen LogP contribution in [-0.2, 0) is 0 Å². The van der Waals surface area contributed by atoms with Gasteiger partial charge in [-0.1, -0.05) is 0 Å². The Labute approximate surface area is 111 Å². The first-order chi connectivity index (χ1) is 9.10. The lowest BCUT2D eigenvalue weighted by Crippen LogP contribution is -2.28. The number of aromatic carboxylic acids is 1. The topological polar surface area (TPSA) is 76.0 Å². The van der Waals surface area contributed by atoms with Crippen LogP contribution in [0.5, 0.6) is 11.5 Å². The lowest BCUT2D eigenvalue weighted by Gasteiger charge is -2.27. The van der Waals surface area contributed by atoms with Crippen molar-refractivity contribution in [3.05, 3.63) is 23.8 Å². The van der Waals surface area contributed by atoms with Crippen LogP contribution in [0.4, 0.5) is 0 Å². The Morgan fingerprint density at radius 1 is 1.32 bits per heavy atom. The third-order valence-electron chi connectivity index (χ3n) is 3.30. The molecule has 1 aliphatic rings. The first-order valence-corrected chi connectivity index (χ1v) is 6.36. The molecule has 1 aromatic rings. The standard InChI is InChI=1S/C14H18O5/c1-18-12-6-5-9(14(16)17)7-13(12)19-11-4-2-3-10(15)8-11/h5-7,10-11,15H,2-4,8H2,1H3,(H,16,17). The van der Waals surface area contributed by atoms with Crippen LogP contribution in [0.25, 0.3) is 0 Å². The molecule has 104 valence electrons. The van der Waals surface area contributed by atoms with Gasteiger partial charge in [0.2, 0.25) is 0 Å². The number of aliphatic hydroxyl groups excluding tert-OH is 1. The molecule has 1 aromatic carbocycles. The quantitative estimate of drug-likeness (QED) is 0.872. The highest BCUT2D eigenvalue weighted by molar-refractivity contribution is 5.88. The summed E-state index contributed by atoms with van der Waals surface area (Å²) in [4.78, 5) is 11.0. The summed E-state index contributed by atoms with van der Waals surface area (Å²) >= 11 is 0. The maximum Gasteiger partial charge on any atom is 0.335 e. The van der Waals surface area contributed by atoms with E-state index >= 15 is 0 Å². The lowest BCUT2D eigenvalue weighted by molar-refractivity contribution is 0.0519. The Morgan fingerprint density at radius 2 is 2.11 bits per heavy atom. The van der Waals surface area contributed by atoms with Gasteiger partial charge in [0.15, 0.2) is 11.5 Å². The summed E-state index contributed by atoms with van der Waals surface area (Å²) in [7, 11) is 1.51. The molecule has 2 atom stereocenters. The second-order valence-electron chi connectivity index (χ2n) is 4.73. The van der Waals surface area contributed by atoms with Crippen molar-refractivity contribution < 1.29 is 24.5 Å². The van der Waals surface area contributed by atoms with Gasteiger partial charge in [-0.15, -0.1) is 0 Å². The van der Waals surface area contributed by atoms with E-state index in [0.717, 1.165) is 19.3 Å². The van der Waals surface area contributed by atoms with E-state index < -0.39 is 5.97 Å². The van der Waals surface area contributed by atoms with Crippen LogP contribution in [0.1, 0.15) is 36.0 Å². The predicted molar refractivity (Wildman–Crippen MR) is 68.8 cm³/mol. The van der Waals surface area contributed by atoms with Gasteiger partial charge < -0.3 is 19.7 Å². The zero-order chi connectivity index (χ0) is 13.8. The van der Waals surface area contributed by atoms with E-state index in [-0.39, 0.29) is 17.8 Å². The van der Waals surface area contributed by atoms with E-state index in [4.69, 9.17) is 14.6 Å². The summed E-state index contributed by atoms with van der Waals surface area (Å²) in [6.07, 6.45) is 2.70. The van der Waals surface area contributed by atoms with Gasteiger partial charge in [0.1, 0.15) is 6.10 Å². The van der Waals surface area contributed by atoms with E-state index in [1.807, 2.05) is 0 Å². The van der Waals surface area contributed by atoms with Crippen LogP contribution in [-0.4, -0.2) is 35.5 Å². The van der Waals surface area contributed by atoms with Gasteiger partial charge in [-0.3, -0.25) is 0 Å². The Balaban J connectivity index is 2.17. The Bertz CT molecular complexity index is 457. The predicted octanol–water partition coefficient (Wildman–Crippen LogP) is 2.08. The molecule has 2 rings (SSSR count). The number of hydrogen-bond donors (Lipinski definition) is 2. The highest BCUT2D eigenvalue weighted by Crippen LogP contribution is 2.32. The minimum Gasteiger partial charge on any atom is -0.493 e. The number of ether oxygens (including phenoxy) is 2. The fraction of sp³-hybridized carbons (Fsp3) is 0.500. The van der Waals surface area contributed by atoms with E-state index in [1.165, 1.54) is 19.2 Å². The molecule has 0 saturated heterocycles. The van der Waals surface area contributed by atoms with Crippen molar-refractivity contribution in [2.75, 3.05) is 7.11 Å². The van der Waals surface area contributed by atoms with Crippen molar-refractivity contribution in [3.8, 4) is 11.5 Å². The minimum absolute atomic E-state index is 0.0957. The number of carboxylic acid groups (broad SMARTS) is 1. The normalized spacial score (nSPS) is 22.8. The number of carbonyl (C=O) groups is 1. The van der Waals surface area contributed by atoms with E-state index in [9.17, 15) is 9.90 Å². The van der Waals surface area contributed by atoms with Gasteiger partial charge >= 0.3 is 5.97 Å². The van der Waals surface area contributed by atoms with E-state index in [1.54, 1.807) is 6.07 Å². The fourth-order valence-electron chi connectivity index (χ4n) is 2.31. The molecule has 0 aromatic heterocycles. The van der Waals surface area contributed by atoms with Crippen molar-refractivity contribution in [3.63, 3.8) is 0 Å². The van der Waals surface area contributed by atoms with E-state index in [2.05, 4.69) is 0 Å². The molecule has 0 spiro atoms. The second-order valence-corrected chi connectivity index (χ2v) is 4.73. The number of methoxy groups -OCH3 is 1. The highest BCUT2D eigenvalue weighted by Gasteiger charge is 2.23. The zero-order valence-electron chi connectivity index (χ0n) is 10.8. The molecule has 0 aliphatic heterocycles. The number of carboxylic acids is 1. The van der Waals surface area contributed by atoms with Crippen molar-refractivity contribution in [1.82, 2.24) is 0 Å².